The number of allylic oxidation sites excluding steroid dienone is 3. The molecule has 1 unspecified atom stereocenters. The minimum atomic E-state index is 0.429. The molecule has 124 valence electrons. The molecule has 0 aliphatic heterocycles. The number of pyridine rings is 1. The number of hydrogen-bond acceptors (Lipinski definition) is 4. The van der Waals surface area contributed by atoms with E-state index in [-0.39, 0.29) is 0 Å². The average molecular weight is 329 g/mol. The summed E-state index contributed by atoms with van der Waals surface area (Å²) in [7, 11) is 0. The molecule has 1 atom stereocenters. The number of anilines is 1. The molecule has 0 saturated heterocycles. The van der Waals surface area contributed by atoms with Gasteiger partial charge in [0.2, 0.25) is 0 Å². The third-order valence-corrected chi connectivity index (χ3v) is 5.07. The number of rotatable bonds is 3. The van der Waals surface area contributed by atoms with Gasteiger partial charge in [0.1, 0.15) is 5.82 Å². The summed E-state index contributed by atoms with van der Waals surface area (Å²) in [5, 5.41) is 8.14. The van der Waals surface area contributed by atoms with Crippen molar-refractivity contribution in [2.24, 2.45) is 0 Å². The standard InChI is InChI=1S/C20H19N5/c1-3-14-6-7-17(11-15(14)4-1)23-20-12-18(16-5-2-9-21-13-16)24-19-8-10-22-25(19)20/h1-2,4-5,8-10,12-13,17,23H,3,6-7,11H2. The van der Waals surface area contributed by atoms with Gasteiger partial charge in [0.25, 0.3) is 0 Å². The molecule has 3 aromatic rings. The Kier molecular flexibility index (Phi) is 3.37. The van der Waals surface area contributed by atoms with Gasteiger partial charge in [0.05, 0.1) is 11.9 Å². The molecule has 3 aromatic heterocycles. The maximum atomic E-state index is 4.71. The van der Waals surface area contributed by atoms with Crippen molar-refractivity contribution in [1.29, 1.82) is 0 Å². The van der Waals surface area contributed by atoms with Crippen LogP contribution in [0, 0.1) is 0 Å². The van der Waals surface area contributed by atoms with E-state index in [4.69, 9.17) is 4.98 Å². The van der Waals surface area contributed by atoms with Crippen molar-refractivity contribution >= 4 is 11.5 Å². The van der Waals surface area contributed by atoms with Crippen LogP contribution in [-0.4, -0.2) is 25.6 Å². The lowest BCUT2D eigenvalue weighted by Gasteiger charge is -2.26. The van der Waals surface area contributed by atoms with Crippen molar-refractivity contribution < 1.29 is 0 Å². The quantitative estimate of drug-likeness (QED) is 0.789. The molecule has 1 N–H and O–H groups in total. The second-order valence-corrected chi connectivity index (χ2v) is 6.69. The van der Waals surface area contributed by atoms with Crippen molar-refractivity contribution in [2.45, 2.75) is 31.7 Å². The van der Waals surface area contributed by atoms with E-state index < -0.39 is 0 Å². The average Bonchev–Trinajstić information content (AvgIpc) is 3.31. The molecule has 25 heavy (non-hydrogen) atoms. The molecule has 0 spiro atoms. The number of aromatic nitrogens is 4. The van der Waals surface area contributed by atoms with Crippen LogP contribution in [0.1, 0.15) is 25.7 Å². The van der Waals surface area contributed by atoms with Crippen LogP contribution in [0.5, 0.6) is 0 Å². The molecular formula is C20H19N5. The Morgan fingerprint density at radius 3 is 3.12 bits per heavy atom. The van der Waals surface area contributed by atoms with Crippen LogP contribution < -0.4 is 5.32 Å². The molecule has 3 heterocycles. The normalized spacial score (nSPS) is 19.4. The highest BCUT2D eigenvalue weighted by Crippen LogP contribution is 2.34. The van der Waals surface area contributed by atoms with Crippen LogP contribution in [0.25, 0.3) is 16.9 Å². The Labute approximate surface area is 146 Å². The smallest absolute Gasteiger partial charge is 0.157 e. The summed E-state index contributed by atoms with van der Waals surface area (Å²) >= 11 is 0. The predicted octanol–water partition coefficient (Wildman–Crippen LogP) is 4.01. The summed E-state index contributed by atoms with van der Waals surface area (Å²) in [4.78, 5) is 8.93. The van der Waals surface area contributed by atoms with Gasteiger partial charge in [-0.05, 0) is 43.4 Å². The Morgan fingerprint density at radius 1 is 1.20 bits per heavy atom. The molecular weight excluding hydrogens is 310 g/mol. The van der Waals surface area contributed by atoms with Crippen molar-refractivity contribution in [2.75, 3.05) is 5.32 Å². The fourth-order valence-corrected chi connectivity index (χ4v) is 3.79. The summed E-state index contributed by atoms with van der Waals surface area (Å²) in [5.41, 5.74) is 5.91. The molecule has 0 aromatic carbocycles. The van der Waals surface area contributed by atoms with Crippen LogP contribution in [0.15, 0.2) is 66.2 Å². The summed E-state index contributed by atoms with van der Waals surface area (Å²) in [6, 6.07) is 8.41. The fraction of sp³-hybridized carbons (Fsp3) is 0.250. The van der Waals surface area contributed by atoms with Gasteiger partial charge in [-0.2, -0.15) is 9.61 Å². The highest BCUT2D eigenvalue weighted by molar-refractivity contribution is 5.65. The van der Waals surface area contributed by atoms with Gasteiger partial charge >= 0.3 is 0 Å². The molecule has 0 fully saturated rings. The predicted molar refractivity (Wildman–Crippen MR) is 98.3 cm³/mol. The molecule has 5 rings (SSSR count). The van der Waals surface area contributed by atoms with Crippen LogP contribution in [0.2, 0.25) is 0 Å². The highest BCUT2D eigenvalue weighted by Gasteiger charge is 2.22. The van der Waals surface area contributed by atoms with E-state index in [1.165, 1.54) is 12.0 Å². The molecule has 5 nitrogen and oxygen atoms in total. The van der Waals surface area contributed by atoms with Gasteiger partial charge in [-0.25, -0.2) is 4.98 Å². The van der Waals surface area contributed by atoms with Gasteiger partial charge in [-0.15, -0.1) is 0 Å². The first-order valence-corrected chi connectivity index (χ1v) is 8.76. The van der Waals surface area contributed by atoms with Crippen molar-refractivity contribution in [3.63, 3.8) is 0 Å². The zero-order chi connectivity index (χ0) is 16.6. The Bertz CT molecular complexity index is 984. The van der Waals surface area contributed by atoms with Crippen LogP contribution >= 0.6 is 0 Å². The van der Waals surface area contributed by atoms with Gasteiger partial charge in [0, 0.05) is 36.1 Å². The first-order valence-electron chi connectivity index (χ1n) is 8.76. The molecule has 2 aliphatic rings. The van der Waals surface area contributed by atoms with Crippen molar-refractivity contribution in [1.82, 2.24) is 19.6 Å². The van der Waals surface area contributed by atoms with E-state index >= 15 is 0 Å². The summed E-state index contributed by atoms with van der Waals surface area (Å²) in [5.74, 6) is 0.991. The van der Waals surface area contributed by atoms with Gasteiger partial charge < -0.3 is 5.32 Å². The topological polar surface area (TPSA) is 55.1 Å². The summed E-state index contributed by atoms with van der Waals surface area (Å²) in [6.45, 7) is 0. The fourth-order valence-electron chi connectivity index (χ4n) is 3.79. The van der Waals surface area contributed by atoms with Gasteiger partial charge in [-0.3, -0.25) is 4.98 Å². The minimum absolute atomic E-state index is 0.429. The lowest BCUT2D eigenvalue weighted by Crippen LogP contribution is -2.24. The second kappa shape index (κ2) is 5.84. The van der Waals surface area contributed by atoms with E-state index in [2.05, 4.69) is 33.6 Å². The van der Waals surface area contributed by atoms with Crippen LogP contribution in [0.4, 0.5) is 5.82 Å². The van der Waals surface area contributed by atoms with E-state index in [0.29, 0.717) is 6.04 Å². The molecule has 0 radical (unpaired) electrons. The third kappa shape index (κ3) is 2.61. The molecule has 0 bridgehead atoms. The molecule has 5 heteroatoms. The lowest BCUT2D eigenvalue weighted by atomic mass is 9.90. The van der Waals surface area contributed by atoms with E-state index in [1.54, 1.807) is 18.0 Å². The summed E-state index contributed by atoms with van der Waals surface area (Å²) < 4.78 is 1.88. The SMILES string of the molecule is C1=CC2=C(C1)CCC(Nc1cc(-c3cccnc3)nc3ccnn13)C2. The zero-order valence-electron chi connectivity index (χ0n) is 13.9. The highest BCUT2D eigenvalue weighted by atomic mass is 15.3. The van der Waals surface area contributed by atoms with Gasteiger partial charge in [0.15, 0.2) is 5.65 Å². The van der Waals surface area contributed by atoms with Crippen LogP contribution in [0.3, 0.4) is 0 Å². The van der Waals surface area contributed by atoms with E-state index in [0.717, 1.165) is 42.0 Å². The molecule has 0 amide bonds. The van der Waals surface area contributed by atoms with E-state index in [1.807, 2.05) is 28.9 Å². The first-order chi connectivity index (χ1) is 12.4. The number of fused-ring (bicyclic) bond motifs is 1. The van der Waals surface area contributed by atoms with Crippen molar-refractivity contribution in [3.8, 4) is 11.3 Å². The lowest BCUT2D eigenvalue weighted by molar-refractivity contribution is 0.605. The molecule has 2 aliphatic carbocycles. The first kappa shape index (κ1) is 14.4. The molecule has 0 saturated carbocycles. The minimum Gasteiger partial charge on any atom is -0.367 e. The number of nitrogens with zero attached hydrogens (tertiary/aromatic N) is 4. The zero-order valence-corrected chi connectivity index (χ0v) is 13.9. The monoisotopic (exact) mass is 329 g/mol. The second-order valence-electron chi connectivity index (χ2n) is 6.69. The maximum absolute atomic E-state index is 4.71. The maximum Gasteiger partial charge on any atom is 0.157 e. The third-order valence-electron chi connectivity index (χ3n) is 5.07. The number of hydrogen-bond donors (Lipinski definition) is 1. The largest absolute Gasteiger partial charge is 0.367 e. The van der Waals surface area contributed by atoms with Crippen LogP contribution in [-0.2, 0) is 0 Å². The summed E-state index contributed by atoms with van der Waals surface area (Å²) in [6.07, 6.45) is 14.6. The Hall–Kier alpha value is -2.95. The Balaban J connectivity index is 1.50. The van der Waals surface area contributed by atoms with Crippen molar-refractivity contribution in [3.05, 3.63) is 66.2 Å². The van der Waals surface area contributed by atoms with Gasteiger partial charge in [-0.1, -0.05) is 17.7 Å². The Morgan fingerprint density at radius 2 is 2.20 bits per heavy atom. The number of nitrogens with one attached hydrogen (secondary N) is 1. The van der Waals surface area contributed by atoms with E-state index in [9.17, 15) is 0 Å².